The van der Waals surface area contributed by atoms with Crippen molar-refractivity contribution in [2.45, 2.75) is 149 Å². The highest BCUT2D eigenvalue weighted by molar-refractivity contribution is 6.87. The second-order valence-electron chi connectivity index (χ2n) is 21.6. The molecule has 81 heavy (non-hydrogen) atoms. The molecule has 462 valence electrons. The molecule has 0 N–H and O–H groups in total. The van der Waals surface area contributed by atoms with Gasteiger partial charge in [0, 0.05) is 64.9 Å². The predicted molar refractivity (Wildman–Crippen MR) is 296 cm³/mol. The average molecular weight is 1290 g/mol. The van der Waals surface area contributed by atoms with Crippen molar-refractivity contribution in [1.82, 2.24) is 0 Å². The molecule has 10 heterocycles. The molecular weight excluding hydrogens is 1200 g/mol. The Hall–Kier alpha value is 0.735. The molecule has 10 aliphatic rings. The van der Waals surface area contributed by atoms with Crippen molar-refractivity contribution in [3.63, 3.8) is 0 Å². The van der Waals surface area contributed by atoms with E-state index in [1.54, 1.807) is 0 Å². The largest absolute Gasteiger partial charge is 0.475 e. The molecule has 0 aliphatic carbocycles. The summed E-state index contributed by atoms with van der Waals surface area (Å²) in [5, 5.41) is 0. The van der Waals surface area contributed by atoms with Crippen molar-refractivity contribution in [3.8, 4) is 0 Å². The maximum absolute atomic E-state index is 7.98. The van der Waals surface area contributed by atoms with Gasteiger partial charge in [0.05, 0.1) is 106 Å². The van der Waals surface area contributed by atoms with Gasteiger partial charge < -0.3 is 113 Å². The lowest BCUT2D eigenvalue weighted by Gasteiger charge is -2.45. The van der Waals surface area contributed by atoms with Crippen LogP contribution in [0.4, 0.5) is 0 Å². The molecule has 8 unspecified atom stereocenters. The van der Waals surface area contributed by atoms with Crippen molar-refractivity contribution in [1.29, 1.82) is 0 Å². The Labute approximate surface area is 491 Å². The quantitative estimate of drug-likeness (QED) is 0.0481. The number of epoxide rings is 8. The van der Waals surface area contributed by atoms with Crippen molar-refractivity contribution in [2.75, 3.05) is 159 Å². The van der Waals surface area contributed by atoms with Crippen LogP contribution in [-0.2, 0) is 113 Å². The van der Waals surface area contributed by atoms with Crippen LogP contribution in [0.15, 0.2) is 0 Å². The fraction of sp³-hybridized carbons (Fsp3) is 1.00. The summed E-state index contributed by atoms with van der Waals surface area (Å²) >= 11 is 0. The standard InChI is InChI=1S/C48H88O25Si8/c1(9-49-25-41-33-57-41)17-74-65-76(19-3-11-51-27-43-35-59-43)69-80(23-7-15-55-31-47-39-63-47,70-77(66-74)20-4-12-52-28-44-36-60-44)73-81(24-8-16-56-32-48-40-64-48)71-78(21-5-13-53-29-45-37-61-45)67-75(18-2-10-50-26-42-34-58-42)68-79(72-81)22-6-14-54-30-46-38-62-46/h41-48H,1-40H2. The molecule has 0 spiro atoms. The molecule has 0 amide bonds. The Kier molecular flexibility index (Phi) is 28.6. The van der Waals surface area contributed by atoms with Crippen molar-refractivity contribution in [2.24, 2.45) is 0 Å². The van der Waals surface area contributed by atoms with Crippen LogP contribution in [0.2, 0.25) is 48.4 Å². The lowest BCUT2D eigenvalue weighted by atomic mass is 10.5. The maximum Gasteiger partial charge on any atom is 0.475 e. The Bertz CT molecular complexity index is 1520. The second kappa shape index (κ2) is 35.8. The van der Waals surface area contributed by atoms with Crippen LogP contribution in [-0.4, -0.2) is 281 Å². The molecule has 8 atom stereocenters. The molecule has 0 aromatic heterocycles. The van der Waals surface area contributed by atoms with Crippen LogP contribution in [0.3, 0.4) is 0 Å². The first-order chi connectivity index (χ1) is 40.0. The number of rotatable bonds is 50. The average Bonchev–Trinajstić information content (AvgIpc) is 4.42. The number of ether oxygens (including phenoxy) is 16. The zero-order valence-electron chi connectivity index (χ0n) is 47.1. The summed E-state index contributed by atoms with van der Waals surface area (Å²) in [4.78, 5) is 0. The third-order valence-electron chi connectivity index (χ3n) is 13.5. The van der Waals surface area contributed by atoms with Gasteiger partial charge in [-0.15, -0.1) is 0 Å². The monoisotopic (exact) mass is 1290 g/mol. The zero-order valence-corrected chi connectivity index (χ0v) is 55.1. The Morgan fingerprint density at radius 1 is 0.259 bits per heavy atom. The lowest BCUT2D eigenvalue weighted by molar-refractivity contribution is 0.0981. The molecule has 25 nitrogen and oxygen atoms in total. The molecule has 10 fully saturated rings. The summed E-state index contributed by atoms with van der Waals surface area (Å²) in [5.41, 5.74) is 0. The third-order valence-corrected chi connectivity index (χ3v) is 38.4. The zero-order chi connectivity index (χ0) is 55.0. The molecule has 6 radical (unpaired) electrons. The van der Waals surface area contributed by atoms with Crippen LogP contribution in [0, 0.1) is 0 Å². The molecule has 10 saturated heterocycles. The van der Waals surface area contributed by atoms with E-state index in [0.29, 0.717) is 206 Å². The fourth-order valence-electron chi connectivity index (χ4n) is 8.33. The molecule has 0 saturated carbocycles. The minimum Gasteiger partial charge on any atom is -0.414 e. The molecule has 0 aromatic carbocycles. The molecule has 0 aromatic rings. The third kappa shape index (κ3) is 28.4. The summed E-state index contributed by atoms with van der Waals surface area (Å²) in [5.74, 6) is 0. The van der Waals surface area contributed by atoms with Gasteiger partial charge in [-0.05, 0) is 87.6 Å². The molecule has 0 bridgehead atoms. The first kappa shape index (κ1) is 64.7. The predicted octanol–water partition coefficient (Wildman–Crippen LogP) is 2.41. The van der Waals surface area contributed by atoms with E-state index in [9.17, 15) is 0 Å². The van der Waals surface area contributed by atoms with E-state index in [2.05, 4.69) is 0 Å². The highest BCUT2D eigenvalue weighted by Crippen LogP contribution is 2.36. The van der Waals surface area contributed by atoms with Crippen molar-refractivity contribution >= 4 is 73.3 Å². The van der Waals surface area contributed by atoms with E-state index in [4.69, 9.17) is 113 Å². The van der Waals surface area contributed by atoms with Crippen LogP contribution in [0.5, 0.6) is 0 Å². The van der Waals surface area contributed by atoms with Crippen molar-refractivity contribution < 1.29 is 113 Å². The minimum atomic E-state index is -4.01. The fourth-order valence-corrected chi connectivity index (χ4v) is 37.4. The molecular formula is C48H88O25Si8. The smallest absolute Gasteiger partial charge is 0.414 e. The molecule has 10 aliphatic heterocycles. The van der Waals surface area contributed by atoms with E-state index < -0.39 is 73.3 Å². The SMILES string of the molecule is C(COCC1CO1)C[Si]1O[Si](CCCOCC2CO2)O[Si](CCCOCC2CO2)(O[Si]2(CCCOCC3CO3)O[Si](CCCOCC3CO3)O[Si](CCCOCC3CO3)O[Si](CCCOCC3CO3)O2)O[Si](CCCOCC2CO2)O1. The summed E-state index contributed by atoms with van der Waals surface area (Å²) in [7, 11) is -20.6. The van der Waals surface area contributed by atoms with Gasteiger partial charge in [0.25, 0.3) is 0 Å². The van der Waals surface area contributed by atoms with Gasteiger partial charge in [-0.25, -0.2) is 0 Å². The second-order valence-corrected chi connectivity index (χ2v) is 40.1. The van der Waals surface area contributed by atoms with Crippen LogP contribution >= 0.6 is 0 Å². The van der Waals surface area contributed by atoms with E-state index in [0.717, 1.165) is 52.5 Å². The lowest BCUT2D eigenvalue weighted by Crippen LogP contribution is -2.67. The van der Waals surface area contributed by atoms with E-state index in [1.807, 2.05) is 0 Å². The van der Waals surface area contributed by atoms with Gasteiger partial charge >= 0.3 is 73.3 Å². The van der Waals surface area contributed by atoms with Gasteiger partial charge in [0.15, 0.2) is 0 Å². The highest BCUT2D eigenvalue weighted by atomic mass is 28.5. The van der Waals surface area contributed by atoms with Crippen LogP contribution < -0.4 is 0 Å². The van der Waals surface area contributed by atoms with E-state index >= 15 is 0 Å². The maximum atomic E-state index is 7.98. The van der Waals surface area contributed by atoms with Gasteiger partial charge in [0.1, 0.15) is 48.8 Å². The van der Waals surface area contributed by atoms with Gasteiger partial charge in [-0.1, -0.05) is 0 Å². The van der Waals surface area contributed by atoms with E-state index in [1.165, 1.54) is 0 Å². The van der Waals surface area contributed by atoms with Gasteiger partial charge in [-0.3, -0.25) is 0 Å². The Morgan fingerprint density at radius 3 is 0.642 bits per heavy atom. The van der Waals surface area contributed by atoms with Gasteiger partial charge in [-0.2, -0.15) is 0 Å². The molecule has 33 heteroatoms. The Balaban J connectivity index is 0.934. The number of hydrogen-bond acceptors (Lipinski definition) is 25. The van der Waals surface area contributed by atoms with E-state index in [-0.39, 0.29) is 48.8 Å². The normalized spacial score (nSPS) is 32.6. The molecule has 10 rings (SSSR count). The number of hydrogen-bond donors (Lipinski definition) is 0. The summed E-state index contributed by atoms with van der Waals surface area (Å²) in [6, 6.07) is 4.57. The van der Waals surface area contributed by atoms with Crippen LogP contribution in [0.25, 0.3) is 0 Å². The van der Waals surface area contributed by atoms with Crippen LogP contribution in [0.1, 0.15) is 51.4 Å². The first-order valence-electron chi connectivity index (χ1n) is 29.8. The highest BCUT2D eigenvalue weighted by Gasteiger charge is 2.60. The Morgan fingerprint density at radius 2 is 0.444 bits per heavy atom. The first-order valence-corrected chi connectivity index (χ1v) is 42.9. The summed E-state index contributed by atoms with van der Waals surface area (Å²) < 4.78 is 160. The van der Waals surface area contributed by atoms with Crippen molar-refractivity contribution in [3.05, 3.63) is 0 Å². The van der Waals surface area contributed by atoms with Gasteiger partial charge in [0.2, 0.25) is 0 Å². The topological polar surface area (TPSA) is 257 Å². The summed E-state index contributed by atoms with van der Waals surface area (Å²) in [6.45, 7) is 14.4. The minimum absolute atomic E-state index is 0.113. The summed E-state index contributed by atoms with van der Waals surface area (Å²) in [6.07, 6.45) is 6.68.